The van der Waals surface area contributed by atoms with Crippen LogP contribution in [0.25, 0.3) is 0 Å². The Hall–Kier alpha value is -2.97. The van der Waals surface area contributed by atoms with Crippen molar-refractivity contribution in [2.45, 2.75) is 0 Å². The molecule has 2 aromatic carbocycles. The van der Waals surface area contributed by atoms with Gasteiger partial charge in [0, 0.05) is 0 Å². The van der Waals surface area contributed by atoms with Crippen molar-refractivity contribution in [1.82, 2.24) is 4.98 Å². The normalized spacial score (nSPS) is 10.3. The monoisotopic (exact) mass is 479 g/mol. The number of rotatable bonds is 4. The summed E-state index contributed by atoms with van der Waals surface area (Å²) >= 11 is 0. The van der Waals surface area contributed by atoms with Gasteiger partial charge in [0.1, 0.15) is 0 Å². The Morgan fingerprint density at radius 1 is 0.548 bits per heavy atom. The molecular weight excluding hydrogens is 464 g/mol. The van der Waals surface area contributed by atoms with Crippen LogP contribution in [0.15, 0.2) is 88.8 Å². The first kappa shape index (κ1) is 28.0. The van der Waals surface area contributed by atoms with Gasteiger partial charge in [0.2, 0.25) is 0 Å². The zero-order valence-electron chi connectivity index (χ0n) is 15.6. The number of aromatic nitrogens is 1. The van der Waals surface area contributed by atoms with Crippen molar-refractivity contribution in [2.24, 2.45) is 9.98 Å². The molecule has 0 spiro atoms. The van der Waals surface area contributed by atoms with E-state index in [0.29, 0.717) is 0 Å². The molecular formula is C21H15F6FeN3. The second-order valence-corrected chi connectivity index (χ2v) is 5.10. The van der Waals surface area contributed by atoms with Crippen LogP contribution in [-0.4, -0.2) is 17.4 Å². The summed E-state index contributed by atoms with van der Waals surface area (Å²) in [5.41, 5.74) is 3.43. The van der Waals surface area contributed by atoms with Gasteiger partial charge in [-0.2, -0.15) is 0 Å². The molecule has 0 unspecified atom stereocenters. The fraction of sp³-hybridized carbons (Fsp3) is 0. The van der Waals surface area contributed by atoms with Gasteiger partial charge in [-0.3, -0.25) is 9.98 Å². The van der Waals surface area contributed by atoms with E-state index in [9.17, 15) is 26.3 Å². The quantitative estimate of drug-likeness (QED) is 0.168. The fourth-order valence-corrected chi connectivity index (χ4v) is 1.92. The molecule has 0 N–H and O–H groups in total. The molecule has 0 fully saturated rings. The van der Waals surface area contributed by atoms with Gasteiger partial charge in [0.05, 0.1) is 35.2 Å². The first-order valence-corrected chi connectivity index (χ1v) is 8.19. The molecule has 0 radical (unpaired) electrons. The standard InChI is InChI=1S/C19H15N3.2CF3.Fe/c1-3-8-16(9-4-1)20-14-18-12-7-13-19(22-18)15-21-17-10-5-2-6-11-17;2*2-1(3)4;/h1-15H;;;/q;2*-1;+2. The maximum Gasteiger partial charge on any atom is 2.00 e. The summed E-state index contributed by atoms with van der Waals surface area (Å²) in [6, 6.07) is 25.4. The fourth-order valence-electron chi connectivity index (χ4n) is 1.92. The number of aliphatic imine (C=N–C) groups is 2. The largest absolute Gasteiger partial charge is 2.00 e. The van der Waals surface area contributed by atoms with Crippen LogP contribution in [0.2, 0.25) is 0 Å². The van der Waals surface area contributed by atoms with E-state index in [2.05, 4.69) is 15.0 Å². The number of halogens is 6. The summed E-state index contributed by atoms with van der Waals surface area (Å²) in [5.74, 6) is 0. The topological polar surface area (TPSA) is 37.6 Å². The van der Waals surface area contributed by atoms with E-state index in [1.807, 2.05) is 78.9 Å². The number of hydrogen-bond acceptors (Lipinski definition) is 3. The number of pyridine rings is 1. The van der Waals surface area contributed by atoms with Gasteiger partial charge in [0.25, 0.3) is 0 Å². The van der Waals surface area contributed by atoms with Crippen molar-refractivity contribution in [2.75, 3.05) is 0 Å². The Bertz CT molecular complexity index is 818. The summed E-state index contributed by atoms with van der Waals surface area (Å²) < 4.78 is 57.5. The van der Waals surface area contributed by atoms with Crippen molar-refractivity contribution in [3.63, 3.8) is 0 Å². The van der Waals surface area contributed by atoms with Gasteiger partial charge in [0.15, 0.2) is 13.4 Å². The van der Waals surface area contributed by atoms with Gasteiger partial charge >= 0.3 is 17.1 Å². The number of nitrogens with zero attached hydrogens (tertiary/aromatic N) is 3. The molecule has 3 nitrogen and oxygen atoms in total. The maximum absolute atomic E-state index is 9.58. The molecule has 0 saturated heterocycles. The molecule has 0 atom stereocenters. The maximum atomic E-state index is 9.58. The zero-order chi connectivity index (χ0) is 22.2. The Kier molecular flexibility index (Phi) is 15.2. The zero-order valence-corrected chi connectivity index (χ0v) is 16.7. The Labute approximate surface area is 186 Å². The molecule has 3 rings (SSSR count). The molecule has 164 valence electrons. The minimum atomic E-state index is -3.08. The van der Waals surface area contributed by atoms with Crippen LogP contribution in [0.4, 0.5) is 37.7 Å². The first-order valence-electron chi connectivity index (χ1n) is 8.19. The summed E-state index contributed by atoms with van der Waals surface area (Å²) in [7, 11) is 0. The molecule has 0 aliphatic rings. The smallest absolute Gasteiger partial charge is 0.385 e. The van der Waals surface area contributed by atoms with Crippen LogP contribution in [0.5, 0.6) is 0 Å². The summed E-state index contributed by atoms with van der Waals surface area (Å²) in [6.07, 6.45) is 3.52. The third-order valence-corrected chi connectivity index (χ3v) is 3.00. The molecule has 0 aliphatic carbocycles. The van der Waals surface area contributed by atoms with E-state index in [0.717, 1.165) is 22.8 Å². The Morgan fingerprint density at radius 3 is 1.19 bits per heavy atom. The van der Waals surface area contributed by atoms with Crippen molar-refractivity contribution in [3.05, 3.63) is 104 Å². The summed E-state index contributed by atoms with van der Waals surface area (Å²) in [6.45, 7) is -6.17. The number of hydrogen-bond donors (Lipinski definition) is 0. The van der Waals surface area contributed by atoms with Crippen LogP contribution < -0.4 is 0 Å². The van der Waals surface area contributed by atoms with Gasteiger partial charge in [-0.05, 0) is 36.4 Å². The SMILES string of the molecule is C(=Nc1ccccc1)c1cccc(C=Nc2ccccc2)n1.F[C-](F)F.F[C-](F)F.[Fe+2]. The predicted octanol–water partition coefficient (Wildman–Crippen LogP) is 7.26. The van der Waals surface area contributed by atoms with Crippen LogP contribution in [0, 0.1) is 13.4 Å². The molecule has 1 aromatic heterocycles. The molecule has 0 bridgehead atoms. The van der Waals surface area contributed by atoms with Crippen molar-refractivity contribution in [3.8, 4) is 0 Å². The van der Waals surface area contributed by atoms with E-state index in [1.54, 1.807) is 12.4 Å². The molecule has 10 heteroatoms. The third kappa shape index (κ3) is 15.5. The summed E-state index contributed by atoms with van der Waals surface area (Å²) in [4.78, 5) is 13.3. The Morgan fingerprint density at radius 2 is 0.871 bits per heavy atom. The van der Waals surface area contributed by atoms with E-state index in [1.165, 1.54) is 0 Å². The van der Waals surface area contributed by atoms with Gasteiger partial charge in [-0.1, -0.05) is 42.5 Å². The predicted molar refractivity (Wildman–Crippen MR) is 105 cm³/mol. The number of para-hydroxylation sites is 2. The van der Waals surface area contributed by atoms with E-state index in [-0.39, 0.29) is 17.1 Å². The minimum Gasteiger partial charge on any atom is -0.385 e. The minimum absolute atomic E-state index is 0. The van der Waals surface area contributed by atoms with E-state index in [4.69, 9.17) is 0 Å². The van der Waals surface area contributed by atoms with Crippen molar-refractivity contribution >= 4 is 23.8 Å². The second-order valence-electron chi connectivity index (χ2n) is 5.10. The van der Waals surface area contributed by atoms with Crippen LogP contribution in [-0.2, 0) is 17.1 Å². The second kappa shape index (κ2) is 16.8. The average molecular weight is 479 g/mol. The van der Waals surface area contributed by atoms with Crippen molar-refractivity contribution in [1.29, 1.82) is 0 Å². The molecule has 31 heavy (non-hydrogen) atoms. The van der Waals surface area contributed by atoms with E-state index >= 15 is 0 Å². The van der Waals surface area contributed by atoms with Crippen molar-refractivity contribution < 1.29 is 43.4 Å². The molecule has 3 aromatic rings. The number of benzene rings is 2. The van der Waals surface area contributed by atoms with Crippen LogP contribution in [0.3, 0.4) is 0 Å². The first-order chi connectivity index (χ1) is 14.4. The van der Waals surface area contributed by atoms with Crippen LogP contribution in [0.1, 0.15) is 11.4 Å². The Balaban J connectivity index is 0.000000867. The third-order valence-electron chi connectivity index (χ3n) is 3.00. The molecule has 1 heterocycles. The molecule has 0 amide bonds. The van der Waals surface area contributed by atoms with E-state index < -0.39 is 13.4 Å². The van der Waals surface area contributed by atoms with Gasteiger partial charge in [-0.15, -0.1) is 0 Å². The molecule has 0 saturated carbocycles. The van der Waals surface area contributed by atoms with Gasteiger partial charge < -0.3 is 26.3 Å². The summed E-state index contributed by atoms with van der Waals surface area (Å²) in [5, 5.41) is 0. The molecule has 0 aliphatic heterocycles. The van der Waals surface area contributed by atoms with Gasteiger partial charge in [-0.25, -0.2) is 4.98 Å². The van der Waals surface area contributed by atoms with Crippen LogP contribution >= 0.6 is 0 Å². The average Bonchev–Trinajstić information content (AvgIpc) is 2.72.